The maximum atomic E-state index is 12.1. The number of carbonyl (C=O) groups excluding carboxylic acids is 1. The summed E-state index contributed by atoms with van der Waals surface area (Å²) in [4.78, 5) is 13.8. The Balaban J connectivity index is 2.02. The summed E-state index contributed by atoms with van der Waals surface area (Å²) in [7, 11) is 0. The molecule has 2 rings (SSSR count). The SMILES string of the molecule is CC(C)(C)OC(=O)N1CCCC2(C1)OCCCC2O. The molecule has 1 spiro atoms. The highest BCUT2D eigenvalue weighted by atomic mass is 16.6. The lowest BCUT2D eigenvalue weighted by molar-refractivity contribution is -0.177. The number of rotatable bonds is 0. The van der Waals surface area contributed by atoms with Gasteiger partial charge in [-0.25, -0.2) is 4.79 Å². The van der Waals surface area contributed by atoms with Crippen molar-refractivity contribution in [2.24, 2.45) is 0 Å². The topological polar surface area (TPSA) is 59.0 Å². The smallest absolute Gasteiger partial charge is 0.410 e. The van der Waals surface area contributed by atoms with Gasteiger partial charge in [0.15, 0.2) is 0 Å². The fourth-order valence-corrected chi connectivity index (χ4v) is 2.83. The largest absolute Gasteiger partial charge is 0.444 e. The first-order valence-corrected chi connectivity index (χ1v) is 7.12. The Morgan fingerprint density at radius 3 is 2.79 bits per heavy atom. The molecule has 2 aliphatic rings. The fraction of sp³-hybridized carbons (Fsp3) is 0.929. The third-order valence-electron chi connectivity index (χ3n) is 3.76. The summed E-state index contributed by atoms with van der Waals surface area (Å²) in [5, 5.41) is 10.2. The lowest BCUT2D eigenvalue weighted by Gasteiger charge is -2.47. The maximum absolute atomic E-state index is 12.1. The van der Waals surface area contributed by atoms with Gasteiger partial charge in [0.2, 0.25) is 0 Å². The number of carbonyl (C=O) groups is 1. The molecule has 5 nitrogen and oxygen atoms in total. The second kappa shape index (κ2) is 5.29. The van der Waals surface area contributed by atoms with E-state index in [0.29, 0.717) is 19.7 Å². The van der Waals surface area contributed by atoms with E-state index in [-0.39, 0.29) is 6.09 Å². The van der Waals surface area contributed by atoms with Crippen molar-refractivity contribution in [3.8, 4) is 0 Å². The van der Waals surface area contributed by atoms with Gasteiger partial charge in [-0.15, -0.1) is 0 Å². The molecule has 0 aromatic rings. The van der Waals surface area contributed by atoms with Crippen LogP contribution in [-0.2, 0) is 9.47 Å². The van der Waals surface area contributed by atoms with Crippen molar-refractivity contribution < 1.29 is 19.4 Å². The van der Waals surface area contributed by atoms with E-state index in [4.69, 9.17) is 9.47 Å². The summed E-state index contributed by atoms with van der Waals surface area (Å²) in [5.41, 5.74) is -1.07. The first-order valence-electron chi connectivity index (χ1n) is 7.12. The first kappa shape index (κ1) is 14.6. The number of amides is 1. The Kier molecular flexibility index (Phi) is 4.06. The monoisotopic (exact) mass is 271 g/mol. The summed E-state index contributed by atoms with van der Waals surface area (Å²) >= 11 is 0. The highest BCUT2D eigenvalue weighted by Gasteiger charge is 2.46. The predicted octanol–water partition coefficient (Wildman–Crippen LogP) is 1.93. The maximum Gasteiger partial charge on any atom is 0.410 e. The number of hydrogen-bond acceptors (Lipinski definition) is 4. The van der Waals surface area contributed by atoms with Gasteiger partial charge in [-0.3, -0.25) is 0 Å². The third-order valence-corrected chi connectivity index (χ3v) is 3.76. The van der Waals surface area contributed by atoms with Crippen molar-refractivity contribution in [2.75, 3.05) is 19.7 Å². The van der Waals surface area contributed by atoms with Crippen LogP contribution in [0.3, 0.4) is 0 Å². The number of ether oxygens (including phenoxy) is 2. The first-order chi connectivity index (χ1) is 8.82. The second-order valence-electron chi connectivity index (χ2n) is 6.58. The zero-order valence-corrected chi connectivity index (χ0v) is 12.1. The number of likely N-dealkylation sites (tertiary alicyclic amines) is 1. The van der Waals surface area contributed by atoms with Gasteiger partial charge in [-0.05, 0) is 46.5 Å². The van der Waals surface area contributed by atoms with Crippen LogP contribution in [0.25, 0.3) is 0 Å². The van der Waals surface area contributed by atoms with Crippen LogP contribution in [0, 0.1) is 0 Å². The van der Waals surface area contributed by atoms with Gasteiger partial charge >= 0.3 is 6.09 Å². The van der Waals surface area contributed by atoms with Gasteiger partial charge in [-0.2, -0.15) is 0 Å². The molecule has 0 aromatic carbocycles. The molecule has 5 heteroatoms. The van der Waals surface area contributed by atoms with Gasteiger partial charge in [-0.1, -0.05) is 0 Å². The summed E-state index contributed by atoms with van der Waals surface area (Å²) in [6.45, 7) is 7.35. The minimum absolute atomic E-state index is 0.312. The van der Waals surface area contributed by atoms with Gasteiger partial charge in [0.05, 0.1) is 12.6 Å². The Bertz CT molecular complexity index is 335. The molecule has 2 unspecified atom stereocenters. The molecule has 2 atom stereocenters. The van der Waals surface area contributed by atoms with Crippen molar-refractivity contribution in [1.82, 2.24) is 4.90 Å². The highest BCUT2D eigenvalue weighted by molar-refractivity contribution is 5.68. The number of aliphatic hydroxyl groups excluding tert-OH is 1. The molecule has 1 amide bonds. The van der Waals surface area contributed by atoms with Crippen LogP contribution in [0.15, 0.2) is 0 Å². The second-order valence-corrected chi connectivity index (χ2v) is 6.58. The van der Waals surface area contributed by atoms with E-state index in [1.807, 2.05) is 20.8 Å². The minimum atomic E-state index is -0.576. The van der Waals surface area contributed by atoms with E-state index in [1.165, 1.54) is 0 Å². The van der Waals surface area contributed by atoms with Crippen LogP contribution < -0.4 is 0 Å². The van der Waals surface area contributed by atoms with Crippen LogP contribution in [0.2, 0.25) is 0 Å². The lowest BCUT2D eigenvalue weighted by atomic mass is 9.83. The molecule has 19 heavy (non-hydrogen) atoms. The van der Waals surface area contributed by atoms with Gasteiger partial charge in [0.25, 0.3) is 0 Å². The van der Waals surface area contributed by atoms with Gasteiger partial charge in [0, 0.05) is 13.2 Å². The quantitative estimate of drug-likeness (QED) is 0.731. The molecule has 2 aliphatic heterocycles. The molecular weight excluding hydrogens is 246 g/mol. The molecule has 0 bridgehead atoms. The van der Waals surface area contributed by atoms with E-state index in [2.05, 4.69) is 0 Å². The van der Waals surface area contributed by atoms with E-state index in [9.17, 15) is 9.90 Å². The van der Waals surface area contributed by atoms with E-state index in [0.717, 1.165) is 25.7 Å². The van der Waals surface area contributed by atoms with Crippen LogP contribution in [0.4, 0.5) is 4.79 Å². The van der Waals surface area contributed by atoms with Crippen molar-refractivity contribution in [2.45, 2.75) is 63.8 Å². The zero-order chi connectivity index (χ0) is 14.1. The lowest BCUT2D eigenvalue weighted by Crippen LogP contribution is -2.60. The molecule has 110 valence electrons. The Morgan fingerprint density at radius 2 is 2.16 bits per heavy atom. The molecule has 1 N–H and O–H groups in total. The van der Waals surface area contributed by atoms with Crippen molar-refractivity contribution in [3.05, 3.63) is 0 Å². The van der Waals surface area contributed by atoms with Crippen LogP contribution in [0.1, 0.15) is 46.5 Å². The fourth-order valence-electron chi connectivity index (χ4n) is 2.83. The number of piperidine rings is 1. The molecule has 2 saturated heterocycles. The van der Waals surface area contributed by atoms with E-state index < -0.39 is 17.3 Å². The summed E-state index contributed by atoms with van der Waals surface area (Å²) < 4.78 is 11.2. The van der Waals surface area contributed by atoms with Crippen molar-refractivity contribution in [1.29, 1.82) is 0 Å². The van der Waals surface area contributed by atoms with Crippen molar-refractivity contribution in [3.63, 3.8) is 0 Å². The standard InChI is InChI=1S/C14H25NO4/c1-13(2,3)19-12(17)15-8-5-7-14(10-15)11(16)6-4-9-18-14/h11,16H,4-10H2,1-3H3. The molecule has 0 aromatic heterocycles. The Morgan fingerprint density at radius 1 is 1.42 bits per heavy atom. The number of nitrogens with zero attached hydrogens (tertiary/aromatic N) is 1. The van der Waals surface area contributed by atoms with Gasteiger partial charge in [0.1, 0.15) is 11.2 Å². The molecule has 2 fully saturated rings. The minimum Gasteiger partial charge on any atom is -0.444 e. The summed E-state index contributed by atoms with van der Waals surface area (Å²) in [6.07, 6.45) is 2.50. The van der Waals surface area contributed by atoms with Crippen LogP contribution in [0.5, 0.6) is 0 Å². The normalized spacial score (nSPS) is 32.4. The third kappa shape index (κ3) is 3.39. The molecule has 0 aliphatic carbocycles. The predicted molar refractivity (Wildman–Crippen MR) is 71.0 cm³/mol. The molecule has 0 radical (unpaired) electrons. The van der Waals surface area contributed by atoms with Crippen LogP contribution >= 0.6 is 0 Å². The zero-order valence-electron chi connectivity index (χ0n) is 12.1. The molecule has 2 heterocycles. The van der Waals surface area contributed by atoms with Gasteiger partial charge < -0.3 is 19.5 Å². The average molecular weight is 271 g/mol. The highest BCUT2D eigenvalue weighted by Crippen LogP contribution is 2.34. The average Bonchev–Trinajstić information content (AvgIpc) is 2.31. The number of hydrogen-bond donors (Lipinski definition) is 1. The summed E-state index contributed by atoms with van der Waals surface area (Å²) in [5.74, 6) is 0. The molecular formula is C14H25NO4. The summed E-state index contributed by atoms with van der Waals surface area (Å²) in [6, 6.07) is 0. The number of aliphatic hydroxyl groups is 1. The van der Waals surface area contributed by atoms with E-state index in [1.54, 1.807) is 4.90 Å². The molecule has 0 saturated carbocycles. The Hall–Kier alpha value is -0.810. The van der Waals surface area contributed by atoms with E-state index >= 15 is 0 Å². The van der Waals surface area contributed by atoms with Crippen molar-refractivity contribution >= 4 is 6.09 Å². The Labute approximate surface area is 114 Å². The van der Waals surface area contributed by atoms with Crippen LogP contribution in [-0.4, -0.2) is 53.1 Å².